The first-order valence-corrected chi connectivity index (χ1v) is 10.6. The number of fused-ring (bicyclic) bond motifs is 1. The van der Waals surface area contributed by atoms with E-state index in [1.165, 1.54) is 0 Å². The number of carbonyl (C=O) groups excluding carboxylic acids is 1. The van der Waals surface area contributed by atoms with Crippen LogP contribution in [0, 0.1) is 0 Å². The van der Waals surface area contributed by atoms with Crippen molar-refractivity contribution in [2.75, 3.05) is 34.4 Å². The van der Waals surface area contributed by atoms with E-state index in [-0.39, 0.29) is 5.91 Å². The zero-order valence-corrected chi connectivity index (χ0v) is 18.9. The Kier molecular flexibility index (Phi) is 7.34. The molecule has 6 nitrogen and oxygen atoms in total. The molecule has 0 aliphatic heterocycles. The summed E-state index contributed by atoms with van der Waals surface area (Å²) in [4.78, 5) is 20.2. The zero-order chi connectivity index (χ0) is 22.4. The number of pyridine rings is 1. The summed E-state index contributed by atoms with van der Waals surface area (Å²) in [5.74, 6) is 1.62. The molecule has 3 aromatic rings. The van der Waals surface area contributed by atoms with Crippen molar-refractivity contribution >= 4 is 16.8 Å². The third kappa shape index (κ3) is 4.58. The van der Waals surface area contributed by atoms with Gasteiger partial charge in [0.25, 0.3) is 5.91 Å². The minimum atomic E-state index is 0.0241. The summed E-state index contributed by atoms with van der Waals surface area (Å²) in [5, 5.41) is 0.848. The van der Waals surface area contributed by atoms with Crippen LogP contribution in [0.2, 0.25) is 0 Å². The van der Waals surface area contributed by atoms with Crippen molar-refractivity contribution in [1.82, 2.24) is 9.88 Å². The highest BCUT2D eigenvalue weighted by Crippen LogP contribution is 2.41. The minimum Gasteiger partial charge on any atom is -0.493 e. The van der Waals surface area contributed by atoms with Gasteiger partial charge < -0.3 is 19.1 Å². The lowest BCUT2D eigenvalue weighted by atomic mass is 10.0. The van der Waals surface area contributed by atoms with Gasteiger partial charge in [-0.2, -0.15) is 0 Å². The van der Waals surface area contributed by atoms with Gasteiger partial charge in [0.2, 0.25) is 5.75 Å². The predicted octanol–water partition coefficient (Wildman–Crippen LogP) is 5.19. The summed E-state index contributed by atoms with van der Waals surface area (Å²) in [6.45, 7) is 5.62. The average Bonchev–Trinajstić information content (AvgIpc) is 2.81. The Balaban J connectivity index is 2.21. The third-order valence-corrected chi connectivity index (χ3v) is 5.18. The highest BCUT2D eigenvalue weighted by Gasteiger charge is 2.21. The molecule has 0 bridgehead atoms. The molecule has 0 unspecified atom stereocenters. The van der Waals surface area contributed by atoms with Crippen molar-refractivity contribution in [3.63, 3.8) is 0 Å². The number of hydrogen-bond donors (Lipinski definition) is 0. The molecule has 0 fully saturated rings. The Morgan fingerprint density at radius 1 is 0.903 bits per heavy atom. The van der Waals surface area contributed by atoms with Crippen molar-refractivity contribution in [3.8, 4) is 28.5 Å². The van der Waals surface area contributed by atoms with Crippen LogP contribution in [0.25, 0.3) is 22.2 Å². The number of hydrogen-bond acceptors (Lipinski definition) is 5. The second-order valence-corrected chi connectivity index (χ2v) is 7.28. The van der Waals surface area contributed by atoms with E-state index in [4.69, 9.17) is 19.2 Å². The molecule has 0 spiro atoms. The van der Waals surface area contributed by atoms with E-state index in [2.05, 4.69) is 13.8 Å². The van der Waals surface area contributed by atoms with Crippen LogP contribution < -0.4 is 14.2 Å². The van der Waals surface area contributed by atoms with Gasteiger partial charge in [0.1, 0.15) is 0 Å². The van der Waals surface area contributed by atoms with E-state index in [0.717, 1.165) is 42.4 Å². The first kappa shape index (κ1) is 22.4. The van der Waals surface area contributed by atoms with E-state index in [9.17, 15) is 4.79 Å². The average molecular weight is 423 g/mol. The Hall–Kier alpha value is -3.28. The highest BCUT2D eigenvalue weighted by atomic mass is 16.5. The van der Waals surface area contributed by atoms with Crippen molar-refractivity contribution in [3.05, 3.63) is 48.0 Å². The molecule has 0 saturated heterocycles. The molecular formula is C25H30N2O4. The van der Waals surface area contributed by atoms with Crippen LogP contribution in [0.3, 0.4) is 0 Å². The van der Waals surface area contributed by atoms with Crippen molar-refractivity contribution in [2.24, 2.45) is 0 Å². The molecule has 0 aliphatic carbocycles. The van der Waals surface area contributed by atoms with Gasteiger partial charge in [-0.3, -0.25) is 4.79 Å². The fourth-order valence-corrected chi connectivity index (χ4v) is 3.75. The van der Waals surface area contributed by atoms with Crippen LogP contribution in [-0.2, 0) is 0 Å². The first-order chi connectivity index (χ1) is 15.1. The molecule has 6 heteroatoms. The van der Waals surface area contributed by atoms with Gasteiger partial charge in [0.05, 0.1) is 38.1 Å². The normalized spacial score (nSPS) is 10.7. The maximum Gasteiger partial charge on any atom is 0.254 e. The summed E-state index contributed by atoms with van der Waals surface area (Å²) in [7, 11) is 4.73. The highest BCUT2D eigenvalue weighted by molar-refractivity contribution is 6.07. The number of benzene rings is 2. The van der Waals surface area contributed by atoms with Crippen molar-refractivity contribution in [2.45, 2.75) is 26.7 Å². The van der Waals surface area contributed by atoms with Gasteiger partial charge in [-0.15, -0.1) is 0 Å². The van der Waals surface area contributed by atoms with Gasteiger partial charge >= 0.3 is 0 Å². The van der Waals surface area contributed by atoms with E-state index in [1.54, 1.807) is 21.3 Å². The second kappa shape index (κ2) is 10.2. The van der Waals surface area contributed by atoms with Crippen LogP contribution >= 0.6 is 0 Å². The zero-order valence-electron chi connectivity index (χ0n) is 18.9. The van der Waals surface area contributed by atoms with Crippen LogP contribution in [0.1, 0.15) is 37.0 Å². The molecule has 0 radical (unpaired) electrons. The van der Waals surface area contributed by atoms with Gasteiger partial charge in [-0.1, -0.05) is 32.0 Å². The summed E-state index contributed by atoms with van der Waals surface area (Å²) in [5.41, 5.74) is 2.88. The first-order valence-electron chi connectivity index (χ1n) is 10.6. The summed E-state index contributed by atoms with van der Waals surface area (Å²) < 4.78 is 16.4. The molecule has 0 N–H and O–H groups in total. The fraction of sp³-hybridized carbons (Fsp3) is 0.360. The molecular weight excluding hydrogens is 392 g/mol. The van der Waals surface area contributed by atoms with E-state index >= 15 is 0 Å². The number of methoxy groups -OCH3 is 3. The number of amides is 1. The summed E-state index contributed by atoms with van der Waals surface area (Å²) in [6, 6.07) is 13.3. The standard InChI is InChI=1S/C25H30N2O4/c1-6-12-27(13-7-2)25(28)19-16-21(26-20-11-9-8-10-18(19)20)17-14-22(29-3)24(31-5)23(15-17)30-4/h8-11,14-16H,6-7,12-13H2,1-5H3. The molecule has 1 heterocycles. The lowest BCUT2D eigenvalue weighted by molar-refractivity contribution is 0.0757. The van der Waals surface area contributed by atoms with Gasteiger partial charge in [-0.25, -0.2) is 4.98 Å². The molecule has 0 atom stereocenters. The monoisotopic (exact) mass is 422 g/mol. The number of carbonyl (C=O) groups is 1. The van der Waals surface area contributed by atoms with E-state index in [0.29, 0.717) is 28.5 Å². The van der Waals surface area contributed by atoms with Crippen LogP contribution in [0.5, 0.6) is 17.2 Å². The Labute approximate surface area is 183 Å². The largest absolute Gasteiger partial charge is 0.493 e. The molecule has 0 saturated carbocycles. The molecule has 31 heavy (non-hydrogen) atoms. The maximum absolute atomic E-state index is 13.5. The summed E-state index contributed by atoms with van der Waals surface area (Å²) >= 11 is 0. The van der Waals surface area contributed by atoms with Gasteiger partial charge in [0.15, 0.2) is 11.5 Å². The van der Waals surface area contributed by atoms with Crippen LogP contribution in [-0.4, -0.2) is 50.2 Å². The Bertz CT molecular complexity index is 1030. The maximum atomic E-state index is 13.5. The molecule has 164 valence electrons. The third-order valence-electron chi connectivity index (χ3n) is 5.18. The molecule has 2 aromatic carbocycles. The number of nitrogens with zero attached hydrogens (tertiary/aromatic N) is 2. The van der Waals surface area contributed by atoms with E-state index in [1.807, 2.05) is 47.4 Å². The van der Waals surface area contributed by atoms with Crippen LogP contribution in [0.4, 0.5) is 0 Å². The lowest BCUT2D eigenvalue weighted by Gasteiger charge is -2.22. The SMILES string of the molecule is CCCN(CCC)C(=O)c1cc(-c2cc(OC)c(OC)c(OC)c2)nc2ccccc12. The molecule has 3 rings (SSSR count). The summed E-state index contributed by atoms with van der Waals surface area (Å²) in [6.07, 6.45) is 1.82. The topological polar surface area (TPSA) is 60.9 Å². The van der Waals surface area contributed by atoms with E-state index < -0.39 is 0 Å². The van der Waals surface area contributed by atoms with Crippen molar-refractivity contribution < 1.29 is 19.0 Å². The number of aromatic nitrogens is 1. The Morgan fingerprint density at radius 2 is 1.52 bits per heavy atom. The quantitative estimate of drug-likeness (QED) is 0.475. The molecule has 1 amide bonds. The minimum absolute atomic E-state index is 0.0241. The van der Waals surface area contributed by atoms with Gasteiger partial charge in [0, 0.05) is 24.0 Å². The number of rotatable bonds is 9. The smallest absolute Gasteiger partial charge is 0.254 e. The van der Waals surface area contributed by atoms with Gasteiger partial charge in [-0.05, 0) is 37.1 Å². The molecule has 1 aromatic heterocycles. The lowest BCUT2D eigenvalue weighted by Crippen LogP contribution is -2.32. The predicted molar refractivity (Wildman–Crippen MR) is 123 cm³/mol. The number of para-hydroxylation sites is 1. The second-order valence-electron chi connectivity index (χ2n) is 7.28. The van der Waals surface area contributed by atoms with Crippen molar-refractivity contribution in [1.29, 1.82) is 0 Å². The number of ether oxygens (including phenoxy) is 3. The molecule has 0 aliphatic rings. The fourth-order valence-electron chi connectivity index (χ4n) is 3.75. The van der Waals surface area contributed by atoms with Crippen LogP contribution in [0.15, 0.2) is 42.5 Å². The Morgan fingerprint density at radius 3 is 2.06 bits per heavy atom.